The molecule has 1 amide bonds. The third-order valence-electron chi connectivity index (χ3n) is 4.35. The molecule has 0 spiro atoms. The van der Waals surface area contributed by atoms with Crippen molar-refractivity contribution in [3.8, 4) is 0 Å². The van der Waals surface area contributed by atoms with Crippen LogP contribution >= 0.6 is 0 Å². The molecular weight excluding hydrogens is 256 g/mol. The normalized spacial score (nSPS) is 18.0. The molecule has 0 aromatic heterocycles. The summed E-state index contributed by atoms with van der Waals surface area (Å²) < 4.78 is 0. The number of carbonyl (C=O) groups excluding carboxylic acids is 1. The quantitative estimate of drug-likeness (QED) is 0.712. The van der Waals surface area contributed by atoms with Crippen LogP contribution in [0.5, 0.6) is 0 Å². The zero-order valence-corrected chi connectivity index (χ0v) is 12.5. The van der Waals surface area contributed by atoms with Crippen LogP contribution in [0.1, 0.15) is 51.9 Å². The van der Waals surface area contributed by atoms with Gasteiger partial charge in [0.2, 0.25) is 5.91 Å². The molecule has 0 aromatic rings. The van der Waals surface area contributed by atoms with E-state index in [0.717, 1.165) is 32.1 Å². The van der Waals surface area contributed by atoms with Gasteiger partial charge in [-0.25, -0.2) is 0 Å². The number of hydrogen-bond acceptors (Lipinski definition) is 3. The van der Waals surface area contributed by atoms with Gasteiger partial charge in [-0.1, -0.05) is 13.3 Å². The SMILES string of the molecule is CCC(CCN)CCC(=O)N1CCC(CC(=O)O)CC1. The lowest BCUT2D eigenvalue weighted by Crippen LogP contribution is -2.39. The number of carbonyl (C=O) groups is 2. The Morgan fingerprint density at radius 1 is 1.30 bits per heavy atom. The lowest BCUT2D eigenvalue weighted by Gasteiger charge is -2.31. The first-order valence-electron chi connectivity index (χ1n) is 7.76. The molecule has 1 atom stereocenters. The molecule has 5 nitrogen and oxygen atoms in total. The van der Waals surface area contributed by atoms with Gasteiger partial charge in [0.1, 0.15) is 0 Å². The Balaban J connectivity index is 2.26. The van der Waals surface area contributed by atoms with E-state index in [9.17, 15) is 9.59 Å². The van der Waals surface area contributed by atoms with Gasteiger partial charge in [-0.05, 0) is 44.1 Å². The third kappa shape index (κ3) is 5.90. The van der Waals surface area contributed by atoms with Gasteiger partial charge >= 0.3 is 5.97 Å². The number of nitrogens with zero attached hydrogens (tertiary/aromatic N) is 1. The van der Waals surface area contributed by atoms with Crippen LogP contribution < -0.4 is 5.73 Å². The second-order valence-corrected chi connectivity index (χ2v) is 5.81. The number of amides is 1. The second kappa shape index (κ2) is 8.95. The molecule has 0 aliphatic carbocycles. The van der Waals surface area contributed by atoms with Crippen molar-refractivity contribution in [2.75, 3.05) is 19.6 Å². The van der Waals surface area contributed by atoms with Crippen LogP contribution in [0.4, 0.5) is 0 Å². The molecule has 1 unspecified atom stereocenters. The van der Waals surface area contributed by atoms with Crippen molar-refractivity contribution in [3.05, 3.63) is 0 Å². The van der Waals surface area contributed by atoms with E-state index in [1.54, 1.807) is 0 Å². The molecule has 1 saturated heterocycles. The summed E-state index contributed by atoms with van der Waals surface area (Å²) in [6, 6.07) is 0. The number of aliphatic carboxylic acids is 1. The van der Waals surface area contributed by atoms with Gasteiger partial charge in [-0.2, -0.15) is 0 Å². The number of carboxylic acid groups (broad SMARTS) is 1. The fraction of sp³-hybridized carbons (Fsp3) is 0.867. The zero-order chi connectivity index (χ0) is 15.0. The molecule has 0 saturated carbocycles. The number of hydrogen-bond donors (Lipinski definition) is 2. The summed E-state index contributed by atoms with van der Waals surface area (Å²) >= 11 is 0. The highest BCUT2D eigenvalue weighted by Gasteiger charge is 2.24. The van der Waals surface area contributed by atoms with Gasteiger partial charge in [0.25, 0.3) is 0 Å². The molecule has 0 aromatic carbocycles. The van der Waals surface area contributed by atoms with Crippen molar-refractivity contribution in [2.24, 2.45) is 17.6 Å². The van der Waals surface area contributed by atoms with E-state index < -0.39 is 5.97 Å². The second-order valence-electron chi connectivity index (χ2n) is 5.81. The van der Waals surface area contributed by atoms with Crippen molar-refractivity contribution >= 4 is 11.9 Å². The minimum absolute atomic E-state index is 0.217. The monoisotopic (exact) mass is 284 g/mol. The Kier molecular flexibility index (Phi) is 7.59. The number of piperidine rings is 1. The first kappa shape index (κ1) is 17.0. The van der Waals surface area contributed by atoms with Gasteiger partial charge < -0.3 is 15.7 Å². The Bertz CT molecular complexity index is 312. The minimum Gasteiger partial charge on any atom is -0.481 e. The number of likely N-dealkylation sites (tertiary alicyclic amines) is 1. The van der Waals surface area contributed by atoms with Crippen LogP contribution in [0.15, 0.2) is 0 Å². The first-order chi connectivity index (χ1) is 9.56. The van der Waals surface area contributed by atoms with Gasteiger partial charge in [0.05, 0.1) is 0 Å². The maximum Gasteiger partial charge on any atom is 0.303 e. The van der Waals surface area contributed by atoms with Crippen LogP contribution in [0.2, 0.25) is 0 Å². The molecule has 116 valence electrons. The highest BCUT2D eigenvalue weighted by atomic mass is 16.4. The molecule has 0 radical (unpaired) electrons. The summed E-state index contributed by atoms with van der Waals surface area (Å²) in [5, 5.41) is 8.77. The van der Waals surface area contributed by atoms with E-state index in [0.29, 0.717) is 32.0 Å². The molecule has 1 aliphatic heterocycles. The van der Waals surface area contributed by atoms with Crippen LogP contribution in [0.25, 0.3) is 0 Å². The average molecular weight is 284 g/mol. The molecule has 0 bridgehead atoms. The average Bonchev–Trinajstić information content (AvgIpc) is 2.43. The lowest BCUT2D eigenvalue weighted by atomic mass is 9.92. The molecule has 1 aliphatic rings. The highest BCUT2D eigenvalue weighted by Crippen LogP contribution is 2.22. The summed E-state index contributed by atoms with van der Waals surface area (Å²) in [5.74, 6) is 0.266. The van der Waals surface area contributed by atoms with Gasteiger partial charge in [-0.3, -0.25) is 9.59 Å². The summed E-state index contributed by atoms with van der Waals surface area (Å²) in [5.41, 5.74) is 5.57. The topological polar surface area (TPSA) is 83.6 Å². The summed E-state index contributed by atoms with van der Waals surface area (Å²) in [6.07, 6.45) is 5.45. The van der Waals surface area contributed by atoms with Gasteiger partial charge in [0.15, 0.2) is 0 Å². The van der Waals surface area contributed by atoms with Crippen LogP contribution in [-0.4, -0.2) is 41.5 Å². The molecule has 20 heavy (non-hydrogen) atoms. The molecule has 1 rings (SSSR count). The van der Waals surface area contributed by atoms with Crippen molar-refractivity contribution in [2.45, 2.75) is 51.9 Å². The summed E-state index contributed by atoms with van der Waals surface area (Å²) in [7, 11) is 0. The van der Waals surface area contributed by atoms with Crippen molar-refractivity contribution in [1.29, 1.82) is 0 Å². The maximum atomic E-state index is 12.1. The van der Waals surface area contributed by atoms with Crippen LogP contribution in [-0.2, 0) is 9.59 Å². The molecule has 5 heteroatoms. The van der Waals surface area contributed by atoms with Gasteiger partial charge in [-0.15, -0.1) is 0 Å². The Morgan fingerprint density at radius 3 is 2.45 bits per heavy atom. The Labute approximate surface area is 121 Å². The van der Waals surface area contributed by atoms with Crippen LogP contribution in [0, 0.1) is 11.8 Å². The van der Waals surface area contributed by atoms with Crippen molar-refractivity contribution in [1.82, 2.24) is 4.90 Å². The third-order valence-corrected chi connectivity index (χ3v) is 4.35. The maximum absolute atomic E-state index is 12.1. The number of carboxylic acids is 1. The standard InChI is InChI=1S/C15H28N2O3/c1-2-12(5-8-16)3-4-14(18)17-9-6-13(7-10-17)11-15(19)20/h12-13H,2-11,16H2,1H3,(H,19,20). The van der Waals surface area contributed by atoms with E-state index in [1.807, 2.05) is 4.90 Å². The molecule has 3 N–H and O–H groups in total. The van der Waals surface area contributed by atoms with Gasteiger partial charge in [0, 0.05) is 25.9 Å². The fourth-order valence-corrected chi connectivity index (χ4v) is 2.91. The van der Waals surface area contributed by atoms with Crippen molar-refractivity contribution in [3.63, 3.8) is 0 Å². The number of rotatable bonds is 8. The largest absolute Gasteiger partial charge is 0.481 e. The highest BCUT2D eigenvalue weighted by molar-refractivity contribution is 5.76. The minimum atomic E-state index is -0.734. The van der Waals surface area contributed by atoms with E-state index in [1.165, 1.54) is 0 Å². The molecular formula is C15H28N2O3. The summed E-state index contributed by atoms with van der Waals surface area (Å²) in [6.45, 7) is 4.25. The van der Waals surface area contributed by atoms with E-state index in [2.05, 4.69) is 6.92 Å². The Morgan fingerprint density at radius 2 is 1.95 bits per heavy atom. The smallest absolute Gasteiger partial charge is 0.303 e. The van der Waals surface area contributed by atoms with E-state index in [4.69, 9.17) is 10.8 Å². The van der Waals surface area contributed by atoms with E-state index >= 15 is 0 Å². The Hall–Kier alpha value is -1.10. The van der Waals surface area contributed by atoms with E-state index in [-0.39, 0.29) is 18.2 Å². The first-order valence-corrected chi connectivity index (χ1v) is 7.76. The molecule has 1 heterocycles. The fourth-order valence-electron chi connectivity index (χ4n) is 2.91. The number of nitrogens with two attached hydrogens (primary N) is 1. The predicted molar refractivity (Wildman–Crippen MR) is 78.2 cm³/mol. The van der Waals surface area contributed by atoms with Crippen LogP contribution in [0.3, 0.4) is 0 Å². The lowest BCUT2D eigenvalue weighted by molar-refractivity contribution is -0.138. The summed E-state index contributed by atoms with van der Waals surface area (Å²) in [4.78, 5) is 24.7. The molecule has 1 fully saturated rings. The van der Waals surface area contributed by atoms with Crippen molar-refractivity contribution < 1.29 is 14.7 Å². The predicted octanol–water partition coefficient (Wildman–Crippen LogP) is 1.85. The zero-order valence-electron chi connectivity index (χ0n) is 12.5.